The molecular formula is C9H5F2N2. The minimum atomic E-state index is -0.642. The first-order valence-corrected chi connectivity index (χ1v) is 3.64. The zero-order valence-electron chi connectivity index (χ0n) is 6.54. The Bertz CT molecular complexity index is 410. The number of aromatic nitrogens is 2. The molecule has 0 unspecified atom stereocenters. The summed E-state index contributed by atoms with van der Waals surface area (Å²) in [5.41, 5.74) is 0.211. The van der Waals surface area contributed by atoms with Crippen LogP contribution >= 0.6 is 0 Å². The lowest BCUT2D eigenvalue weighted by Crippen LogP contribution is -1.98. The Labute approximate surface area is 73.4 Å². The lowest BCUT2D eigenvalue weighted by atomic mass is 10.3. The van der Waals surface area contributed by atoms with E-state index in [0.717, 1.165) is 6.07 Å². The van der Waals surface area contributed by atoms with Crippen molar-refractivity contribution >= 4 is 0 Å². The minimum absolute atomic E-state index is 0.211. The van der Waals surface area contributed by atoms with Gasteiger partial charge in [0.2, 0.25) is 0 Å². The van der Waals surface area contributed by atoms with Crippen molar-refractivity contribution in [1.29, 1.82) is 0 Å². The summed E-state index contributed by atoms with van der Waals surface area (Å²) >= 11 is 0. The van der Waals surface area contributed by atoms with Crippen molar-refractivity contribution in [2.45, 2.75) is 0 Å². The molecule has 2 nitrogen and oxygen atoms in total. The predicted octanol–water partition coefficient (Wildman–Crippen LogP) is 1.95. The summed E-state index contributed by atoms with van der Waals surface area (Å²) in [4.78, 5) is 0. The molecule has 1 radical (unpaired) electrons. The van der Waals surface area contributed by atoms with Gasteiger partial charge in [0.05, 0.1) is 0 Å². The fourth-order valence-electron chi connectivity index (χ4n) is 1.03. The van der Waals surface area contributed by atoms with Gasteiger partial charge in [0, 0.05) is 12.3 Å². The topological polar surface area (TPSA) is 17.8 Å². The third-order valence-electron chi connectivity index (χ3n) is 1.61. The second kappa shape index (κ2) is 2.97. The molecule has 1 heterocycles. The summed E-state index contributed by atoms with van der Waals surface area (Å²) in [7, 11) is 0. The van der Waals surface area contributed by atoms with Gasteiger partial charge in [0.25, 0.3) is 0 Å². The highest BCUT2D eigenvalue weighted by Gasteiger charge is 2.04. The summed E-state index contributed by atoms with van der Waals surface area (Å²) < 4.78 is 26.9. The normalized spacial score (nSPS) is 10.3. The molecule has 0 aliphatic carbocycles. The molecule has 0 spiro atoms. The van der Waals surface area contributed by atoms with Crippen LogP contribution in [0.25, 0.3) is 5.69 Å². The second-order valence-electron chi connectivity index (χ2n) is 2.49. The first-order chi connectivity index (χ1) is 6.27. The van der Waals surface area contributed by atoms with Gasteiger partial charge < -0.3 is 0 Å². The van der Waals surface area contributed by atoms with Gasteiger partial charge in [-0.05, 0) is 18.2 Å². The molecule has 0 fully saturated rings. The van der Waals surface area contributed by atoms with Gasteiger partial charge in [0.15, 0.2) is 5.82 Å². The highest BCUT2D eigenvalue weighted by molar-refractivity contribution is 5.32. The Morgan fingerprint density at radius 3 is 2.77 bits per heavy atom. The van der Waals surface area contributed by atoms with Gasteiger partial charge in [-0.25, -0.2) is 13.5 Å². The van der Waals surface area contributed by atoms with E-state index in [4.69, 9.17) is 0 Å². The van der Waals surface area contributed by atoms with Crippen LogP contribution in [-0.4, -0.2) is 9.78 Å². The lowest BCUT2D eigenvalue weighted by molar-refractivity contribution is 0.573. The molecule has 1 aromatic carbocycles. The summed E-state index contributed by atoms with van der Waals surface area (Å²) in [6.07, 6.45) is 4.06. The van der Waals surface area contributed by atoms with E-state index in [2.05, 4.69) is 11.3 Å². The molecule has 0 saturated carbocycles. The van der Waals surface area contributed by atoms with Crippen LogP contribution in [0, 0.1) is 17.8 Å². The van der Waals surface area contributed by atoms with Gasteiger partial charge >= 0.3 is 0 Å². The summed E-state index contributed by atoms with van der Waals surface area (Å²) in [5.74, 6) is -1.24. The summed E-state index contributed by atoms with van der Waals surface area (Å²) in [5, 5.41) is 3.71. The minimum Gasteiger partial charge on any atom is -0.237 e. The van der Waals surface area contributed by atoms with Crippen molar-refractivity contribution in [3.05, 3.63) is 48.3 Å². The molecule has 0 bridgehead atoms. The van der Waals surface area contributed by atoms with Gasteiger partial charge in [-0.1, -0.05) is 0 Å². The van der Waals surface area contributed by atoms with Crippen LogP contribution in [0.5, 0.6) is 0 Å². The Morgan fingerprint density at radius 2 is 2.15 bits per heavy atom. The fraction of sp³-hybridized carbons (Fsp3) is 0. The maximum Gasteiger partial charge on any atom is 0.151 e. The van der Waals surface area contributed by atoms with Crippen molar-refractivity contribution in [3.8, 4) is 5.69 Å². The molecule has 0 amide bonds. The van der Waals surface area contributed by atoms with Crippen LogP contribution in [0.15, 0.2) is 30.5 Å². The predicted molar refractivity (Wildman–Crippen MR) is 42.3 cm³/mol. The first kappa shape index (κ1) is 7.91. The average molecular weight is 179 g/mol. The highest BCUT2D eigenvalue weighted by atomic mass is 19.1. The maximum atomic E-state index is 13.1. The van der Waals surface area contributed by atoms with E-state index in [1.807, 2.05) is 0 Å². The SMILES string of the molecule is Fc1ccc(-n2cc[c]n2)c(F)c1. The second-order valence-corrected chi connectivity index (χ2v) is 2.49. The van der Waals surface area contributed by atoms with E-state index in [1.54, 1.807) is 6.07 Å². The van der Waals surface area contributed by atoms with Gasteiger partial charge in [-0.3, -0.25) is 0 Å². The van der Waals surface area contributed by atoms with Crippen LogP contribution in [0.1, 0.15) is 0 Å². The van der Waals surface area contributed by atoms with Crippen molar-refractivity contribution < 1.29 is 8.78 Å². The van der Waals surface area contributed by atoms with Crippen molar-refractivity contribution in [3.63, 3.8) is 0 Å². The van der Waals surface area contributed by atoms with E-state index in [-0.39, 0.29) is 5.69 Å². The molecule has 0 aliphatic rings. The van der Waals surface area contributed by atoms with Crippen LogP contribution in [0.3, 0.4) is 0 Å². The zero-order valence-corrected chi connectivity index (χ0v) is 6.54. The Morgan fingerprint density at radius 1 is 1.31 bits per heavy atom. The number of halogens is 2. The third kappa shape index (κ3) is 1.42. The molecule has 65 valence electrons. The molecule has 0 atom stereocenters. The Hall–Kier alpha value is -1.71. The van der Waals surface area contributed by atoms with Crippen LogP contribution < -0.4 is 0 Å². The van der Waals surface area contributed by atoms with Crippen molar-refractivity contribution in [1.82, 2.24) is 9.78 Å². The number of rotatable bonds is 1. The molecule has 4 heteroatoms. The maximum absolute atomic E-state index is 13.1. The molecule has 1 aromatic heterocycles. The highest BCUT2D eigenvalue weighted by Crippen LogP contribution is 2.12. The number of hydrogen-bond donors (Lipinski definition) is 0. The third-order valence-corrected chi connectivity index (χ3v) is 1.61. The first-order valence-electron chi connectivity index (χ1n) is 3.64. The summed E-state index contributed by atoms with van der Waals surface area (Å²) in [6, 6.07) is 4.87. The molecule has 13 heavy (non-hydrogen) atoms. The molecule has 0 saturated heterocycles. The monoisotopic (exact) mass is 179 g/mol. The van der Waals surface area contributed by atoms with E-state index in [0.29, 0.717) is 0 Å². The molecular weight excluding hydrogens is 174 g/mol. The largest absolute Gasteiger partial charge is 0.237 e. The Kier molecular flexibility index (Phi) is 1.81. The van der Waals surface area contributed by atoms with Crippen LogP contribution in [-0.2, 0) is 0 Å². The van der Waals surface area contributed by atoms with E-state index in [1.165, 1.54) is 23.0 Å². The molecule has 0 N–H and O–H groups in total. The Balaban J connectivity index is 2.53. The molecule has 0 aliphatic heterocycles. The van der Waals surface area contributed by atoms with Gasteiger partial charge in [-0.15, -0.1) is 0 Å². The number of benzene rings is 1. The summed E-state index contributed by atoms with van der Waals surface area (Å²) in [6.45, 7) is 0. The quantitative estimate of drug-likeness (QED) is 0.654. The molecule has 2 aromatic rings. The fourth-order valence-corrected chi connectivity index (χ4v) is 1.03. The van der Waals surface area contributed by atoms with Crippen molar-refractivity contribution in [2.75, 3.05) is 0 Å². The van der Waals surface area contributed by atoms with E-state index >= 15 is 0 Å². The lowest BCUT2D eigenvalue weighted by Gasteiger charge is -2.01. The van der Waals surface area contributed by atoms with E-state index in [9.17, 15) is 8.78 Å². The van der Waals surface area contributed by atoms with Gasteiger partial charge in [-0.2, -0.15) is 5.10 Å². The zero-order chi connectivity index (χ0) is 9.26. The van der Waals surface area contributed by atoms with Crippen LogP contribution in [0.2, 0.25) is 0 Å². The number of hydrogen-bond acceptors (Lipinski definition) is 1. The average Bonchev–Trinajstić information content (AvgIpc) is 2.56. The number of nitrogens with zero attached hydrogens (tertiary/aromatic N) is 2. The van der Waals surface area contributed by atoms with Crippen molar-refractivity contribution in [2.24, 2.45) is 0 Å². The van der Waals surface area contributed by atoms with Crippen LogP contribution in [0.4, 0.5) is 8.78 Å². The van der Waals surface area contributed by atoms with Gasteiger partial charge in [0.1, 0.15) is 17.7 Å². The standard InChI is InChI=1S/C9H5F2N2/c10-7-2-3-9(8(11)6-7)13-5-1-4-12-13/h1-3,5-6H. The molecule has 2 rings (SSSR count). The smallest absolute Gasteiger partial charge is 0.151 e. The van der Waals surface area contributed by atoms with E-state index < -0.39 is 11.6 Å².